The Morgan fingerprint density at radius 2 is 1.77 bits per heavy atom. The molecule has 1 aromatic rings. The summed E-state index contributed by atoms with van der Waals surface area (Å²) >= 11 is 0. The second-order valence-corrected chi connectivity index (χ2v) is 3.22. The van der Waals surface area contributed by atoms with Gasteiger partial charge in [0, 0.05) is 11.6 Å². The molecule has 1 rings (SSSR count). The van der Waals surface area contributed by atoms with Crippen LogP contribution in [0, 0.1) is 0 Å². The maximum absolute atomic E-state index is 12.1. The average molecular weight is 185 g/mol. The summed E-state index contributed by atoms with van der Waals surface area (Å²) in [5.41, 5.74) is 6.64. The van der Waals surface area contributed by atoms with Crippen molar-refractivity contribution in [2.45, 2.75) is 25.8 Å². The van der Waals surface area contributed by atoms with Gasteiger partial charge in [-0.1, -0.05) is 24.3 Å². The average Bonchev–Trinajstić information content (AvgIpc) is 2.04. The van der Waals surface area contributed by atoms with E-state index >= 15 is 0 Å². The monoisotopic (exact) mass is 185 g/mol. The van der Waals surface area contributed by atoms with E-state index < -0.39 is 6.43 Å². The molecule has 13 heavy (non-hydrogen) atoms. The van der Waals surface area contributed by atoms with Crippen molar-refractivity contribution in [1.29, 1.82) is 0 Å². The maximum atomic E-state index is 12.1. The van der Waals surface area contributed by atoms with Gasteiger partial charge in [-0.2, -0.15) is 0 Å². The van der Waals surface area contributed by atoms with E-state index in [9.17, 15) is 8.78 Å². The van der Waals surface area contributed by atoms with Crippen molar-refractivity contribution in [3.63, 3.8) is 0 Å². The van der Waals surface area contributed by atoms with E-state index in [0.717, 1.165) is 12.0 Å². The van der Waals surface area contributed by atoms with Crippen LogP contribution in [0.5, 0.6) is 0 Å². The predicted molar refractivity (Wildman–Crippen MR) is 48.8 cm³/mol. The van der Waals surface area contributed by atoms with Gasteiger partial charge in [-0.15, -0.1) is 0 Å². The first-order valence-electron chi connectivity index (χ1n) is 4.22. The summed E-state index contributed by atoms with van der Waals surface area (Å²) in [7, 11) is 0. The van der Waals surface area contributed by atoms with Crippen LogP contribution in [0.3, 0.4) is 0 Å². The van der Waals surface area contributed by atoms with Crippen molar-refractivity contribution < 1.29 is 8.78 Å². The van der Waals surface area contributed by atoms with Crippen LogP contribution in [0.25, 0.3) is 0 Å². The van der Waals surface area contributed by atoms with E-state index in [1.807, 2.05) is 6.92 Å². The lowest BCUT2D eigenvalue weighted by atomic mass is 10.1. The highest BCUT2D eigenvalue weighted by Gasteiger charge is 2.05. The number of alkyl halides is 2. The number of halogens is 2. The van der Waals surface area contributed by atoms with E-state index in [-0.39, 0.29) is 11.6 Å². The van der Waals surface area contributed by atoms with Crippen molar-refractivity contribution in [3.05, 3.63) is 35.4 Å². The van der Waals surface area contributed by atoms with Crippen molar-refractivity contribution in [2.75, 3.05) is 0 Å². The third kappa shape index (κ3) is 3.11. The molecule has 0 aliphatic heterocycles. The van der Waals surface area contributed by atoms with Gasteiger partial charge >= 0.3 is 0 Å². The molecule has 0 unspecified atom stereocenters. The van der Waals surface area contributed by atoms with Gasteiger partial charge in [-0.3, -0.25) is 0 Å². The Bertz CT molecular complexity index is 254. The van der Waals surface area contributed by atoms with Gasteiger partial charge in [0.2, 0.25) is 0 Å². The first-order chi connectivity index (χ1) is 6.09. The molecule has 0 aromatic heterocycles. The minimum absolute atomic E-state index is 0.0634. The molecular weight excluding hydrogens is 172 g/mol. The summed E-state index contributed by atoms with van der Waals surface area (Å²) in [6.07, 6.45) is -1.66. The molecule has 0 saturated carbocycles. The summed E-state index contributed by atoms with van der Waals surface area (Å²) in [4.78, 5) is 0. The fourth-order valence-electron chi connectivity index (χ4n) is 1.17. The number of hydrogen-bond acceptors (Lipinski definition) is 1. The topological polar surface area (TPSA) is 26.0 Å². The summed E-state index contributed by atoms with van der Waals surface area (Å²) in [5, 5.41) is 0. The van der Waals surface area contributed by atoms with Crippen molar-refractivity contribution in [2.24, 2.45) is 5.73 Å². The molecule has 0 radical (unpaired) electrons. The Kier molecular flexibility index (Phi) is 3.37. The van der Waals surface area contributed by atoms with Crippen LogP contribution >= 0.6 is 0 Å². The standard InChI is InChI=1S/C10H13F2N/c1-7(13)6-8-2-4-9(5-3-8)10(11)12/h2-5,7,10H,6,13H2,1H3/t7-/m1/s1. The number of hydrogen-bond donors (Lipinski definition) is 1. The number of benzene rings is 1. The third-order valence-corrected chi connectivity index (χ3v) is 1.79. The minimum Gasteiger partial charge on any atom is -0.328 e. The smallest absolute Gasteiger partial charge is 0.263 e. The minimum atomic E-state index is -2.38. The Labute approximate surface area is 76.6 Å². The van der Waals surface area contributed by atoms with Crippen molar-refractivity contribution in [1.82, 2.24) is 0 Å². The second kappa shape index (κ2) is 4.33. The Morgan fingerprint density at radius 3 is 2.15 bits per heavy atom. The fraction of sp³-hybridized carbons (Fsp3) is 0.400. The summed E-state index contributed by atoms with van der Waals surface area (Å²) in [6, 6.07) is 6.36. The van der Waals surface area contributed by atoms with Gasteiger partial charge in [0.25, 0.3) is 6.43 Å². The molecule has 0 amide bonds. The molecule has 1 aromatic carbocycles. The zero-order valence-corrected chi connectivity index (χ0v) is 7.50. The normalized spacial score (nSPS) is 13.3. The lowest BCUT2D eigenvalue weighted by molar-refractivity contribution is 0.151. The fourth-order valence-corrected chi connectivity index (χ4v) is 1.17. The lowest BCUT2D eigenvalue weighted by Gasteiger charge is -2.05. The molecule has 0 fully saturated rings. The lowest BCUT2D eigenvalue weighted by Crippen LogP contribution is -2.17. The summed E-state index contributed by atoms with van der Waals surface area (Å²) in [6.45, 7) is 1.89. The van der Waals surface area contributed by atoms with Crippen LogP contribution in [0.15, 0.2) is 24.3 Å². The molecule has 2 N–H and O–H groups in total. The predicted octanol–water partition coefficient (Wildman–Crippen LogP) is 2.51. The first kappa shape index (κ1) is 10.1. The molecule has 1 nitrogen and oxygen atoms in total. The van der Waals surface area contributed by atoms with E-state index in [0.29, 0.717) is 0 Å². The maximum Gasteiger partial charge on any atom is 0.263 e. The van der Waals surface area contributed by atoms with E-state index in [2.05, 4.69) is 0 Å². The van der Waals surface area contributed by atoms with Gasteiger partial charge < -0.3 is 5.73 Å². The Morgan fingerprint density at radius 1 is 1.23 bits per heavy atom. The summed E-state index contributed by atoms with van der Waals surface area (Å²) in [5.74, 6) is 0. The van der Waals surface area contributed by atoms with Gasteiger partial charge in [0.1, 0.15) is 0 Å². The van der Waals surface area contributed by atoms with Crippen LogP contribution < -0.4 is 5.73 Å². The molecular formula is C10H13F2N. The van der Waals surface area contributed by atoms with Crippen LogP contribution in [0.2, 0.25) is 0 Å². The zero-order valence-electron chi connectivity index (χ0n) is 7.50. The van der Waals surface area contributed by atoms with E-state index in [1.54, 1.807) is 12.1 Å². The first-order valence-corrected chi connectivity index (χ1v) is 4.22. The summed E-state index contributed by atoms with van der Waals surface area (Å²) < 4.78 is 24.3. The number of nitrogens with two attached hydrogens (primary N) is 1. The van der Waals surface area contributed by atoms with Gasteiger partial charge in [0.05, 0.1) is 0 Å². The highest BCUT2D eigenvalue weighted by molar-refractivity contribution is 5.23. The molecule has 1 atom stereocenters. The molecule has 3 heteroatoms. The quantitative estimate of drug-likeness (QED) is 0.769. The van der Waals surface area contributed by atoms with Crippen LogP contribution in [-0.2, 0) is 6.42 Å². The number of rotatable bonds is 3. The van der Waals surface area contributed by atoms with Gasteiger partial charge in [0.15, 0.2) is 0 Å². The second-order valence-electron chi connectivity index (χ2n) is 3.22. The highest BCUT2D eigenvalue weighted by Crippen LogP contribution is 2.18. The highest BCUT2D eigenvalue weighted by atomic mass is 19.3. The Balaban J connectivity index is 2.70. The Hall–Kier alpha value is -0.960. The van der Waals surface area contributed by atoms with Crippen molar-refractivity contribution in [3.8, 4) is 0 Å². The molecule has 0 spiro atoms. The van der Waals surface area contributed by atoms with E-state index in [4.69, 9.17) is 5.73 Å². The van der Waals surface area contributed by atoms with Crippen LogP contribution in [0.4, 0.5) is 8.78 Å². The van der Waals surface area contributed by atoms with E-state index in [1.165, 1.54) is 12.1 Å². The molecule has 0 aliphatic rings. The SMILES string of the molecule is C[C@@H](N)Cc1ccc(C(F)F)cc1. The zero-order chi connectivity index (χ0) is 9.84. The molecule has 0 heterocycles. The molecule has 0 saturated heterocycles. The van der Waals surface area contributed by atoms with Crippen molar-refractivity contribution >= 4 is 0 Å². The molecule has 0 bridgehead atoms. The largest absolute Gasteiger partial charge is 0.328 e. The van der Waals surface area contributed by atoms with Gasteiger partial charge in [-0.05, 0) is 18.9 Å². The molecule has 0 aliphatic carbocycles. The van der Waals surface area contributed by atoms with Crippen LogP contribution in [-0.4, -0.2) is 6.04 Å². The third-order valence-electron chi connectivity index (χ3n) is 1.79. The molecule has 72 valence electrons. The van der Waals surface area contributed by atoms with Gasteiger partial charge in [-0.25, -0.2) is 8.78 Å². The van der Waals surface area contributed by atoms with Crippen LogP contribution in [0.1, 0.15) is 24.5 Å².